The lowest BCUT2D eigenvalue weighted by molar-refractivity contribution is -0.235. The lowest BCUT2D eigenvalue weighted by Gasteiger charge is -2.77. The van der Waals surface area contributed by atoms with E-state index in [4.69, 9.17) is 4.74 Å². The first kappa shape index (κ1) is 33.1. The van der Waals surface area contributed by atoms with Gasteiger partial charge in [-0.05, 0) is 160 Å². The van der Waals surface area contributed by atoms with Crippen LogP contribution in [0.15, 0.2) is 140 Å². The number of ether oxygens (including phenoxy) is 1. The van der Waals surface area contributed by atoms with Crippen LogP contribution in [0.3, 0.4) is 0 Å². The summed E-state index contributed by atoms with van der Waals surface area (Å²) in [5, 5.41) is 0. The summed E-state index contributed by atoms with van der Waals surface area (Å²) in [5.74, 6) is 5.38. The minimum atomic E-state index is 0.0258. The monoisotopic (exact) mass is 729 g/mol. The van der Waals surface area contributed by atoms with Crippen LogP contribution >= 0.6 is 0 Å². The average molecular weight is 730 g/mol. The van der Waals surface area contributed by atoms with E-state index in [0.717, 1.165) is 23.3 Å². The molecule has 0 amide bonds. The van der Waals surface area contributed by atoms with E-state index in [9.17, 15) is 0 Å². The fourth-order valence-electron chi connectivity index (χ4n) is 13.9. The third-order valence-corrected chi connectivity index (χ3v) is 16.2. The van der Waals surface area contributed by atoms with Gasteiger partial charge in [-0.1, -0.05) is 119 Å². The van der Waals surface area contributed by atoms with E-state index in [1.807, 2.05) is 0 Å². The number of rotatable bonds is 5. The summed E-state index contributed by atoms with van der Waals surface area (Å²) in [4.78, 5) is 2.51. The number of nitrogens with zero attached hydrogens (tertiary/aromatic N) is 1. The molecule has 2 nitrogen and oxygen atoms in total. The number of hydrogen-bond acceptors (Lipinski definition) is 2. The third-order valence-electron chi connectivity index (χ3n) is 16.2. The number of para-hydroxylation sites is 1. The molecule has 6 atom stereocenters. The second-order valence-corrected chi connectivity index (χ2v) is 19.6. The molecular formula is C54H51NO. The van der Waals surface area contributed by atoms with E-state index in [2.05, 4.69) is 172 Å². The van der Waals surface area contributed by atoms with Crippen LogP contribution < -0.4 is 9.64 Å². The summed E-state index contributed by atoms with van der Waals surface area (Å²) in [6.45, 7) is 9.75. The third kappa shape index (κ3) is 4.23. The Balaban J connectivity index is 1.03. The van der Waals surface area contributed by atoms with Crippen molar-refractivity contribution in [2.24, 2.45) is 29.1 Å². The summed E-state index contributed by atoms with van der Waals surface area (Å²) in [6.07, 6.45) is 8.06. The molecule has 1 aliphatic heterocycles. The molecule has 6 aliphatic rings. The van der Waals surface area contributed by atoms with E-state index in [1.54, 1.807) is 0 Å². The van der Waals surface area contributed by atoms with E-state index in [1.165, 1.54) is 100 Å². The predicted octanol–water partition coefficient (Wildman–Crippen LogP) is 14.3. The lowest BCUT2D eigenvalue weighted by Crippen LogP contribution is -2.74. The maximum Gasteiger partial charge on any atom is 0.131 e. The Kier molecular flexibility index (Phi) is 6.67. The minimum absolute atomic E-state index is 0.0258. The smallest absolute Gasteiger partial charge is 0.131 e. The molecular weight excluding hydrogens is 679 g/mol. The van der Waals surface area contributed by atoms with Gasteiger partial charge in [0.2, 0.25) is 0 Å². The van der Waals surface area contributed by atoms with Crippen molar-refractivity contribution >= 4 is 17.1 Å². The Morgan fingerprint density at radius 1 is 0.518 bits per heavy atom. The van der Waals surface area contributed by atoms with Gasteiger partial charge in [0.1, 0.15) is 11.5 Å². The second-order valence-electron chi connectivity index (χ2n) is 19.6. The highest BCUT2D eigenvalue weighted by Crippen LogP contribution is 2.89. The molecule has 6 unspecified atom stereocenters. The Labute approximate surface area is 332 Å². The van der Waals surface area contributed by atoms with Crippen molar-refractivity contribution in [3.63, 3.8) is 0 Å². The molecule has 0 saturated heterocycles. The molecule has 0 N–H and O–H groups in total. The Morgan fingerprint density at radius 2 is 1.18 bits per heavy atom. The van der Waals surface area contributed by atoms with Crippen LogP contribution in [-0.4, -0.2) is 0 Å². The van der Waals surface area contributed by atoms with E-state index >= 15 is 0 Å². The SMILES string of the molecule is CC1(C)CCC(C)(C)c2c(-c3cccc(N(c4ccc(-c5ccccc5)cc4)c4ccc5c(c4)C4(c6ccccc6O5)C5CC6CC7CC4C75C6)c3)cccc21. The fourth-order valence-corrected chi connectivity index (χ4v) is 13.9. The first-order valence-electron chi connectivity index (χ1n) is 21.3. The zero-order valence-corrected chi connectivity index (χ0v) is 33.2. The molecule has 1 heterocycles. The molecule has 56 heavy (non-hydrogen) atoms. The van der Waals surface area contributed by atoms with Crippen LogP contribution in [0.5, 0.6) is 11.5 Å². The molecule has 4 fully saturated rings. The van der Waals surface area contributed by atoms with Crippen molar-refractivity contribution in [2.45, 2.75) is 82.5 Å². The minimum Gasteiger partial charge on any atom is -0.457 e. The highest BCUT2D eigenvalue weighted by molar-refractivity contribution is 5.83. The van der Waals surface area contributed by atoms with E-state index in [0.29, 0.717) is 17.3 Å². The number of hydrogen-bond donors (Lipinski definition) is 0. The first-order chi connectivity index (χ1) is 27.2. The maximum absolute atomic E-state index is 6.86. The molecule has 6 aromatic carbocycles. The molecule has 2 bridgehead atoms. The van der Waals surface area contributed by atoms with Gasteiger partial charge in [-0.25, -0.2) is 0 Å². The highest BCUT2D eigenvalue weighted by atomic mass is 16.5. The Bertz CT molecular complexity index is 2560. The molecule has 2 heteroatoms. The summed E-state index contributed by atoms with van der Waals surface area (Å²) >= 11 is 0. The van der Waals surface area contributed by atoms with Crippen LogP contribution in [0.2, 0.25) is 0 Å². The number of fused-ring (bicyclic) bond motifs is 8. The van der Waals surface area contributed by atoms with Crippen LogP contribution in [0, 0.1) is 29.1 Å². The quantitative estimate of drug-likeness (QED) is 0.175. The van der Waals surface area contributed by atoms with Gasteiger partial charge < -0.3 is 9.64 Å². The normalized spacial score (nSPS) is 28.9. The van der Waals surface area contributed by atoms with Gasteiger partial charge in [-0.2, -0.15) is 0 Å². The average Bonchev–Trinajstić information content (AvgIpc) is 3.76. The van der Waals surface area contributed by atoms with E-state index < -0.39 is 0 Å². The van der Waals surface area contributed by atoms with Gasteiger partial charge in [0.05, 0.1) is 0 Å². The van der Waals surface area contributed by atoms with Gasteiger partial charge in [0.25, 0.3) is 0 Å². The maximum atomic E-state index is 6.86. The standard InChI is InChI=1S/C54H51NO/c1-51(2)26-27-52(3,4)50-42(16-11-18-44(50)51)37-14-10-15-40(30-37)55(39-22-20-36(21-23-39)35-12-6-5-7-13-35)41-24-25-47-45(32-41)54(43-17-8-9-19-46(43)56-47)48-29-34-28-38-31-49(54)53(38,48)33-34/h5-25,30,32,34,38,48-49H,26-29,31,33H2,1-4H3. The Morgan fingerprint density at radius 3 is 2.02 bits per heavy atom. The van der Waals surface area contributed by atoms with Crippen molar-refractivity contribution in [3.8, 4) is 33.8 Å². The zero-order chi connectivity index (χ0) is 37.6. The Hall–Kier alpha value is -5.08. The van der Waals surface area contributed by atoms with Crippen molar-refractivity contribution < 1.29 is 4.74 Å². The summed E-state index contributed by atoms with van der Waals surface area (Å²) < 4.78 is 6.86. The van der Waals surface area contributed by atoms with Gasteiger partial charge in [-0.3, -0.25) is 0 Å². The summed E-state index contributed by atoms with van der Waals surface area (Å²) in [5.41, 5.74) is 15.4. The van der Waals surface area contributed by atoms with Gasteiger partial charge >= 0.3 is 0 Å². The van der Waals surface area contributed by atoms with Crippen LogP contribution in [0.1, 0.15) is 88.5 Å². The second kappa shape index (κ2) is 11.3. The molecule has 278 valence electrons. The molecule has 0 radical (unpaired) electrons. The molecule has 5 aliphatic carbocycles. The van der Waals surface area contributed by atoms with Crippen molar-refractivity contribution in [1.29, 1.82) is 0 Å². The first-order valence-corrected chi connectivity index (χ1v) is 21.3. The molecule has 2 spiro atoms. The van der Waals surface area contributed by atoms with Crippen LogP contribution in [-0.2, 0) is 16.2 Å². The van der Waals surface area contributed by atoms with Crippen LogP contribution in [0.25, 0.3) is 22.3 Å². The van der Waals surface area contributed by atoms with Gasteiger partial charge in [0, 0.05) is 33.6 Å². The van der Waals surface area contributed by atoms with Gasteiger partial charge in [0.15, 0.2) is 0 Å². The predicted molar refractivity (Wildman–Crippen MR) is 229 cm³/mol. The number of anilines is 3. The zero-order valence-electron chi connectivity index (χ0n) is 33.2. The fraction of sp³-hybridized carbons (Fsp3) is 0.333. The number of benzene rings is 6. The van der Waals surface area contributed by atoms with Crippen molar-refractivity contribution in [3.05, 3.63) is 162 Å². The topological polar surface area (TPSA) is 12.5 Å². The van der Waals surface area contributed by atoms with E-state index in [-0.39, 0.29) is 16.2 Å². The lowest BCUT2D eigenvalue weighted by atomic mass is 9.26. The van der Waals surface area contributed by atoms with Crippen molar-refractivity contribution in [1.82, 2.24) is 0 Å². The van der Waals surface area contributed by atoms with Crippen LogP contribution in [0.4, 0.5) is 17.1 Å². The highest BCUT2D eigenvalue weighted by Gasteiger charge is 2.84. The molecule has 4 saturated carbocycles. The largest absolute Gasteiger partial charge is 0.457 e. The van der Waals surface area contributed by atoms with Gasteiger partial charge in [-0.15, -0.1) is 0 Å². The molecule has 0 aromatic heterocycles. The summed E-state index contributed by atoms with van der Waals surface area (Å²) in [6, 6.07) is 52.6. The molecule has 12 rings (SSSR count). The van der Waals surface area contributed by atoms with Crippen molar-refractivity contribution in [2.75, 3.05) is 4.90 Å². The summed E-state index contributed by atoms with van der Waals surface area (Å²) in [7, 11) is 0. The molecule has 6 aromatic rings.